The number of oxazole rings is 1. The third-order valence-electron chi connectivity index (χ3n) is 4.19. The Labute approximate surface area is 169 Å². The first-order chi connectivity index (χ1) is 13.2. The first-order valence-corrected chi connectivity index (χ1v) is 10.2. The molecule has 4 rings (SSSR count). The van der Waals surface area contributed by atoms with Gasteiger partial charge in [0, 0.05) is 26.6 Å². The van der Waals surface area contributed by atoms with Gasteiger partial charge in [0.05, 0.1) is 0 Å². The molecule has 1 N–H and O–H groups in total. The van der Waals surface area contributed by atoms with E-state index in [1.807, 2.05) is 36.4 Å². The molecule has 0 saturated carbocycles. The average molecular weight is 445 g/mol. The van der Waals surface area contributed by atoms with Crippen LogP contribution in [0.1, 0.15) is 35.2 Å². The van der Waals surface area contributed by atoms with Gasteiger partial charge in [-0.25, -0.2) is 4.98 Å². The summed E-state index contributed by atoms with van der Waals surface area (Å²) in [5.74, 6) is 0.218. The van der Waals surface area contributed by atoms with Crippen LogP contribution in [0.3, 0.4) is 0 Å². The van der Waals surface area contributed by atoms with Gasteiger partial charge in [-0.05, 0) is 61.4 Å². The zero-order valence-electron chi connectivity index (χ0n) is 14.4. The number of amides is 1. The normalized spacial score (nSPS) is 16.4. The van der Waals surface area contributed by atoms with Crippen molar-refractivity contribution in [3.8, 4) is 0 Å². The lowest BCUT2D eigenvalue weighted by Crippen LogP contribution is -2.15. The third-order valence-corrected chi connectivity index (χ3v) is 5.74. The van der Waals surface area contributed by atoms with E-state index in [0.717, 1.165) is 27.1 Å². The molecule has 2 heterocycles. The van der Waals surface area contributed by atoms with Crippen molar-refractivity contribution in [2.75, 3.05) is 11.9 Å². The van der Waals surface area contributed by atoms with E-state index in [9.17, 15) is 4.79 Å². The van der Waals surface area contributed by atoms with Crippen LogP contribution < -0.4 is 5.32 Å². The molecule has 3 aromatic rings. The van der Waals surface area contributed by atoms with Crippen molar-refractivity contribution < 1.29 is 13.9 Å². The first kappa shape index (κ1) is 18.3. The van der Waals surface area contributed by atoms with Crippen LogP contribution in [0.5, 0.6) is 0 Å². The zero-order valence-corrected chi connectivity index (χ0v) is 16.8. The molecule has 1 atom stereocenters. The van der Waals surface area contributed by atoms with Gasteiger partial charge in [-0.1, -0.05) is 27.7 Å². The molecular formula is C20H17BrN2O3S. The molecule has 1 unspecified atom stereocenters. The Balaban J connectivity index is 1.42. The summed E-state index contributed by atoms with van der Waals surface area (Å²) in [5.41, 5.74) is 0.997. The molecule has 0 aliphatic carbocycles. The van der Waals surface area contributed by atoms with E-state index >= 15 is 0 Å². The number of carbonyl (C=O) groups excluding carboxylic acids is 1. The van der Waals surface area contributed by atoms with Crippen LogP contribution in [0.2, 0.25) is 0 Å². The van der Waals surface area contributed by atoms with Gasteiger partial charge in [0.25, 0.3) is 5.91 Å². The van der Waals surface area contributed by atoms with Crippen molar-refractivity contribution in [3.63, 3.8) is 0 Å². The molecule has 2 aromatic carbocycles. The highest BCUT2D eigenvalue weighted by Crippen LogP contribution is 2.32. The Hall–Kier alpha value is -2.09. The molecular weight excluding hydrogens is 428 g/mol. The Morgan fingerprint density at radius 1 is 1.11 bits per heavy atom. The summed E-state index contributed by atoms with van der Waals surface area (Å²) >= 11 is 5.10. The lowest BCUT2D eigenvalue weighted by atomic mass is 10.1. The highest BCUT2D eigenvalue weighted by atomic mass is 79.9. The highest BCUT2D eigenvalue weighted by molar-refractivity contribution is 9.10. The molecule has 0 bridgehead atoms. The topological polar surface area (TPSA) is 64.4 Å². The maximum Gasteiger partial charge on any atom is 0.278 e. The predicted octanol–water partition coefficient (Wildman–Crippen LogP) is 5.69. The molecule has 1 amide bonds. The minimum atomic E-state index is -0.289. The highest BCUT2D eigenvalue weighted by Gasteiger charge is 2.28. The molecule has 138 valence electrons. The molecule has 0 radical (unpaired) electrons. The standard InChI is InChI=1S/C20H17BrN2O3S/c21-13-3-7-15(8-4-13)27-16-9-5-14(6-10-16)23-20(24)18-19(26-12-22-18)17-2-1-11-25-17/h3-10,12,17H,1-2,11H2,(H,23,24). The average Bonchev–Trinajstić information content (AvgIpc) is 3.36. The van der Waals surface area contributed by atoms with E-state index in [4.69, 9.17) is 9.15 Å². The van der Waals surface area contributed by atoms with Gasteiger partial charge >= 0.3 is 0 Å². The van der Waals surface area contributed by atoms with Crippen LogP contribution in [-0.4, -0.2) is 17.5 Å². The van der Waals surface area contributed by atoms with Gasteiger partial charge in [0.2, 0.25) is 0 Å². The van der Waals surface area contributed by atoms with Crippen LogP contribution >= 0.6 is 27.7 Å². The maximum atomic E-state index is 12.6. The molecule has 7 heteroatoms. The second-order valence-electron chi connectivity index (χ2n) is 6.10. The van der Waals surface area contributed by atoms with Gasteiger partial charge < -0.3 is 14.5 Å². The van der Waals surface area contributed by atoms with Gasteiger partial charge in [-0.15, -0.1) is 0 Å². The summed E-state index contributed by atoms with van der Waals surface area (Å²) in [5, 5.41) is 2.87. The summed E-state index contributed by atoms with van der Waals surface area (Å²) in [7, 11) is 0. The van der Waals surface area contributed by atoms with E-state index in [1.54, 1.807) is 11.8 Å². The Kier molecular flexibility index (Phi) is 5.61. The Bertz CT molecular complexity index is 919. The molecule has 1 fully saturated rings. The number of nitrogens with zero attached hydrogens (tertiary/aromatic N) is 1. The number of hydrogen-bond acceptors (Lipinski definition) is 5. The smallest absolute Gasteiger partial charge is 0.278 e. The number of halogens is 1. The van der Waals surface area contributed by atoms with Crippen LogP contribution in [0.4, 0.5) is 5.69 Å². The Morgan fingerprint density at radius 3 is 2.48 bits per heavy atom. The van der Waals surface area contributed by atoms with Crippen LogP contribution in [0.25, 0.3) is 0 Å². The number of rotatable bonds is 5. The monoisotopic (exact) mass is 444 g/mol. The van der Waals surface area contributed by atoms with Crippen LogP contribution in [0, 0.1) is 0 Å². The van der Waals surface area contributed by atoms with E-state index in [1.165, 1.54) is 6.39 Å². The van der Waals surface area contributed by atoms with E-state index < -0.39 is 0 Å². The molecule has 5 nitrogen and oxygen atoms in total. The summed E-state index contributed by atoms with van der Waals surface area (Å²) in [6.45, 7) is 0.684. The molecule has 1 aromatic heterocycles. The van der Waals surface area contributed by atoms with Gasteiger partial charge in [-0.3, -0.25) is 4.79 Å². The summed E-state index contributed by atoms with van der Waals surface area (Å²) in [6, 6.07) is 15.9. The SMILES string of the molecule is O=C(Nc1ccc(Sc2ccc(Br)cc2)cc1)c1ncoc1C1CCCO1. The number of anilines is 1. The lowest BCUT2D eigenvalue weighted by Gasteiger charge is -2.09. The number of ether oxygens (including phenoxy) is 1. The number of nitrogens with one attached hydrogen (secondary N) is 1. The largest absolute Gasteiger partial charge is 0.445 e. The van der Waals surface area contributed by atoms with Gasteiger partial charge in [0.15, 0.2) is 17.8 Å². The summed E-state index contributed by atoms with van der Waals surface area (Å²) < 4.78 is 12.1. The fraction of sp³-hybridized carbons (Fsp3) is 0.200. The second-order valence-corrected chi connectivity index (χ2v) is 8.16. The van der Waals surface area contributed by atoms with E-state index in [-0.39, 0.29) is 17.7 Å². The molecule has 27 heavy (non-hydrogen) atoms. The minimum Gasteiger partial charge on any atom is -0.445 e. The maximum absolute atomic E-state index is 12.6. The lowest BCUT2D eigenvalue weighted by molar-refractivity contribution is 0.0889. The fourth-order valence-electron chi connectivity index (χ4n) is 2.87. The van der Waals surface area contributed by atoms with E-state index in [2.05, 4.69) is 38.4 Å². The van der Waals surface area contributed by atoms with Gasteiger partial charge in [0.1, 0.15) is 6.10 Å². The zero-order chi connectivity index (χ0) is 18.6. The van der Waals surface area contributed by atoms with Crippen LogP contribution in [0.15, 0.2) is 73.6 Å². The second kappa shape index (κ2) is 8.29. The van der Waals surface area contributed by atoms with Crippen molar-refractivity contribution in [2.45, 2.75) is 28.7 Å². The van der Waals surface area contributed by atoms with Crippen LogP contribution in [-0.2, 0) is 4.74 Å². The molecule has 1 aliphatic heterocycles. The van der Waals surface area contributed by atoms with Gasteiger partial charge in [-0.2, -0.15) is 0 Å². The third kappa shape index (κ3) is 4.43. The van der Waals surface area contributed by atoms with Crippen molar-refractivity contribution in [3.05, 3.63) is 70.9 Å². The van der Waals surface area contributed by atoms with Crippen molar-refractivity contribution in [1.82, 2.24) is 4.98 Å². The van der Waals surface area contributed by atoms with Crippen molar-refractivity contribution in [2.24, 2.45) is 0 Å². The first-order valence-electron chi connectivity index (χ1n) is 8.59. The predicted molar refractivity (Wildman–Crippen MR) is 107 cm³/mol. The number of aromatic nitrogens is 1. The molecule has 0 spiro atoms. The number of carbonyl (C=O) groups is 1. The number of benzene rings is 2. The summed E-state index contributed by atoms with van der Waals surface area (Å²) in [6.07, 6.45) is 2.92. The van der Waals surface area contributed by atoms with Crippen molar-refractivity contribution in [1.29, 1.82) is 0 Å². The van der Waals surface area contributed by atoms with Crippen molar-refractivity contribution >= 4 is 39.3 Å². The summed E-state index contributed by atoms with van der Waals surface area (Å²) in [4.78, 5) is 18.9. The number of hydrogen-bond donors (Lipinski definition) is 1. The van der Waals surface area contributed by atoms with E-state index in [0.29, 0.717) is 18.1 Å². The Morgan fingerprint density at radius 2 is 1.81 bits per heavy atom. The fourth-order valence-corrected chi connectivity index (χ4v) is 3.95. The quantitative estimate of drug-likeness (QED) is 0.547. The molecule has 1 saturated heterocycles. The minimum absolute atomic E-state index is 0.182. The molecule has 1 aliphatic rings.